The van der Waals surface area contributed by atoms with Gasteiger partial charge in [0.2, 0.25) is 0 Å². The highest BCUT2D eigenvalue weighted by Gasteiger charge is 2.23. The third-order valence-electron chi connectivity index (χ3n) is 14.0. The summed E-state index contributed by atoms with van der Waals surface area (Å²) in [7, 11) is 0. The molecule has 0 amide bonds. The van der Waals surface area contributed by atoms with Gasteiger partial charge in [-0.25, -0.2) is 0 Å². The molecule has 2 aromatic heterocycles. The second kappa shape index (κ2) is 14.4. The Bertz CT molecular complexity index is 4160. The van der Waals surface area contributed by atoms with E-state index in [0.717, 1.165) is 33.2 Å². The van der Waals surface area contributed by atoms with Gasteiger partial charge in [-0.2, -0.15) is 0 Å². The van der Waals surface area contributed by atoms with E-state index >= 15 is 0 Å². The molecule has 0 aliphatic rings. The van der Waals surface area contributed by atoms with Gasteiger partial charge in [0.15, 0.2) is 0 Å². The van der Waals surface area contributed by atoms with E-state index in [-0.39, 0.29) is 0 Å². The molecule has 0 atom stereocenters. The molecule has 14 rings (SSSR count). The third kappa shape index (κ3) is 5.36. The number of para-hydroxylation sites is 2. The molecule has 0 saturated carbocycles. The molecule has 0 aliphatic carbocycles. The fourth-order valence-electron chi connectivity index (χ4n) is 11.3. The number of rotatable bonds is 5. The van der Waals surface area contributed by atoms with Crippen LogP contribution in [0, 0.1) is 0 Å². The summed E-state index contributed by atoms with van der Waals surface area (Å²) in [5.74, 6) is 0. The summed E-state index contributed by atoms with van der Waals surface area (Å²) in [4.78, 5) is 0. The maximum Gasteiger partial charge on any atom is 0.136 e. The van der Waals surface area contributed by atoms with Crippen molar-refractivity contribution in [2.45, 2.75) is 0 Å². The lowest BCUT2D eigenvalue weighted by atomic mass is 9.84. The van der Waals surface area contributed by atoms with Crippen LogP contribution in [0.4, 0.5) is 0 Å². The van der Waals surface area contributed by atoms with Gasteiger partial charge in [0.05, 0.1) is 11.0 Å². The van der Waals surface area contributed by atoms with Crippen molar-refractivity contribution in [1.29, 1.82) is 0 Å². The molecular weight excluding hydrogens is 799 g/mol. The normalized spacial score (nSPS) is 11.9. The number of benzene rings is 12. The van der Waals surface area contributed by atoms with E-state index < -0.39 is 0 Å². The summed E-state index contributed by atoms with van der Waals surface area (Å²) >= 11 is 0. The Kier molecular flexibility index (Phi) is 8.02. The largest absolute Gasteiger partial charge is 0.456 e. The number of furan rings is 1. The van der Waals surface area contributed by atoms with Crippen molar-refractivity contribution in [1.82, 2.24) is 4.57 Å². The molecule has 12 aromatic carbocycles. The lowest BCUT2D eigenvalue weighted by Crippen LogP contribution is -1.94. The Labute approximate surface area is 380 Å². The van der Waals surface area contributed by atoms with Crippen LogP contribution in [0.1, 0.15) is 0 Å². The molecular formula is C64H39NO. The first-order valence-corrected chi connectivity index (χ1v) is 22.8. The summed E-state index contributed by atoms with van der Waals surface area (Å²) in [5, 5.41) is 14.5. The topological polar surface area (TPSA) is 18.1 Å². The van der Waals surface area contributed by atoms with Gasteiger partial charge in [0, 0.05) is 27.2 Å². The number of aromatic nitrogens is 1. The molecule has 0 saturated heterocycles. The third-order valence-corrected chi connectivity index (χ3v) is 14.0. The van der Waals surface area contributed by atoms with Gasteiger partial charge in [-0.3, -0.25) is 0 Å². The van der Waals surface area contributed by atoms with E-state index in [0.29, 0.717) is 0 Å². The van der Waals surface area contributed by atoms with Gasteiger partial charge >= 0.3 is 0 Å². The molecule has 2 heteroatoms. The second-order valence-electron chi connectivity index (χ2n) is 17.5. The summed E-state index contributed by atoms with van der Waals surface area (Å²) in [5.41, 5.74) is 15.0. The zero-order chi connectivity index (χ0) is 43.3. The predicted octanol–water partition coefficient (Wildman–Crippen LogP) is 18.0. The first-order valence-electron chi connectivity index (χ1n) is 22.8. The van der Waals surface area contributed by atoms with Crippen molar-refractivity contribution < 1.29 is 4.42 Å². The van der Waals surface area contributed by atoms with E-state index in [4.69, 9.17) is 4.42 Å². The SMILES string of the molecule is c1ccc(-c2c3ccccc3c(-c3ccc4oc5cccc(-c6c7ccccc7c(-c7ccc8c9ccccc9n(-c9ccccc9)c8c7)c7ccccc67)c5c4c3)c3ccccc23)cc1. The van der Waals surface area contributed by atoms with Gasteiger partial charge < -0.3 is 8.98 Å². The number of fused-ring (bicyclic) bond motifs is 10. The van der Waals surface area contributed by atoms with E-state index in [9.17, 15) is 0 Å². The van der Waals surface area contributed by atoms with E-state index in [2.05, 4.69) is 241 Å². The fourth-order valence-corrected chi connectivity index (χ4v) is 11.3. The molecule has 306 valence electrons. The maximum absolute atomic E-state index is 6.79. The van der Waals surface area contributed by atoms with Gasteiger partial charge in [-0.15, -0.1) is 0 Å². The van der Waals surface area contributed by atoms with Crippen molar-refractivity contribution in [2.75, 3.05) is 0 Å². The van der Waals surface area contributed by atoms with E-state index in [1.54, 1.807) is 0 Å². The fraction of sp³-hybridized carbons (Fsp3) is 0. The molecule has 14 aromatic rings. The number of hydrogen-bond donors (Lipinski definition) is 0. The number of hydrogen-bond acceptors (Lipinski definition) is 1. The minimum Gasteiger partial charge on any atom is -0.456 e. The van der Waals surface area contributed by atoms with Crippen molar-refractivity contribution >= 4 is 86.8 Å². The van der Waals surface area contributed by atoms with Crippen LogP contribution in [0.3, 0.4) is 0 Å². The Hall–Kier alpha value is -8.72. The first-order chi connectivity index (χ1) is 32.8. The molecule has 0 unspecified atom stereocenters. The Morgan fingerprint density at radius 1 is 0.258 bits per heavy atom. The van der Waals surface area contributed by atoms with Crippen LogP contribution in [-0.2, 0) is 0 Å². The van der Waals surface area contributed by atoms with Gasteiger partial charge in [-0.05, 0) is 130 Å². The zero-order valence-electron chi connectivity index (χ0n) is 35.9. The van der Waals surface area contributed by atoms with Gasteiger partial charge in [-0.1, -0.05) is 194 Å². The molecule has 0 radical (unpaired) electrons. The van der Waals surface area contributed by atoms with Crippen molar-refractivity contribution in [2.24, 2.45) is 0 Å². The van der Waals surface area contributed by atoms with Crippen LogP contribution in [0.15, 0.2) is 241 Å². The molecule has 0 aliphatic heterocycles. The van der Waals surface area contributed by atoms with Crippen LogP contribution < -0.4 is 0 Å². The molecule has 0 bridgehead atoms. The smallest absolute Gasteiger partial charge is 0.136 e. The molecule has 0 fully saturated rings. The Morgan fingerprint density at radius 2 is 0.712 bits per heavy atom. The van der Waals surface area contributed by atoms with Crippen LogP contribution in [0.5, 0.6) is 0 Å². The monoisotopic (exact) mass is 837 g/mol. The van der Waals surface area contributed by atoms with Gasteiger partial charge in [0.25, 0.3) is 0 Å². The summed E-state index contributed by atoms with van der Waals surface area (Å²) in [6, 6.07) is 86.4. The highest BCUT2D eigenvalue weighted by atomic mass is 16.3. The Morgan fingerprint density at radius 3 is 1.30 bits per heavy atom. The molecule has 2 heterocycles. The second-order valence-corrected chi connectivity index (χ2v) is 17.5. The summed E-state index contributed by atoms with van der Waals surface area (Å²) in [6.45, 7) is 0. The molecule has 66 heavy (non-hydrogen) atoms. The van der Waals surface area contributed by atoms with Crippen LogP contribution in [-0.4, -0.2) is 4.57 Å². The minimum atomic E-state index is 0.878. The molecule has 0 spiro atoms. The lowest BCUT2D eigenvalue weighted by Gasteiger charge is -2.19. The maximum atomic E-state index is 6.79. The van der Waals surface area contributed by atoms with Crippen molar-refractivity contribution in [3.63, 3.8) is 0 Å². The van der Waals surface area contributed by atoms with E-state index in [1.165, 1.54) is 104 Å². The summed E-state index contributed by atoms with van der Waals surface area (Å²) < 4.78 is 9.20. The minimum absolute atomic E-state index is 0.878. The number of nitrogens with zero attached hydrogens (tertiary/aromatic N) is 1. The average Bonchev–Trinajstić information content (AvgIpc) is 3.93. The highest BCUT2D eigenvalue weighted by Crippen LogP contribution is 2.49. The van der Waals surface area contributed by atoms with Crippen LogP contribution >= 0.6 is 0 Å². The summed E-state index contributed by atoms with van der Waals surface area (Å²) in [6.07, 6.45) is 0. The molecule has 2 nitrogen and oxygen atoms in total. The van der Waals surface area contributed by atoms with E-state index in [1.807, 2.05) is 0 Å². The zero-order valence-corrected chi connectivity index (χ0v) is 35.9. The van der Waals surface area contributed by atoms with Crippen molar-refractivity contribution in [3.05, 3.63) is 237 Å². The van der Waals surface area contributed by atoms with Gasteiger partial charge in [0.1, 0.15) is 11.2 Å². The van der Waals surface area contributed by atoms with Crippen LogP contribution in [0.2, 0.25) is 0 Å². The average molecular weight is 838 g/mol. The molecule has 0 N–H and O–H groups in total. The lowest BCUT2D eigenvalue weighted by molar-refractivity contribution is 0.669. The quantitative estimate of drug-likeness (QED) is 0.158. The van der Waals surface area contributed by atoms with Crippen molar-refractivity contribution in [3.8, 4) is 50.2 Å². The standard InChI is InChI=1S/C64H39NO/c1-3-18-40(19-4-1)60-46-23-7-9-25-48(46)61(49-26-10-8-24-47(49)60)41-35-37-58-55(38-41)64-54(31-17-33-59(64)66-58)63-52-29-13-11-27-50(52)62(51-28-12-14-30-53(51)63)42-34-36-45-44-22-15-16-32-56(44)65(57(45)39-42)43-20-5-2-6-21-43/h1-39H. The Balaban J connectivity index is 1.03. The van der Waals surface area contributed by atoms with Crippen LogP contribution in [0.25, 0.3) is 137 Å². The highest BCUT2D eigenvalue weighted by molar-refractivity contribution is 6.27. The first kappa shape index (κ1) is 36.7. The predicted molar refractivity (Wildman–Crippen MR) is 280 cm³/mol.